The average Bonchev–Trinajstić information content (AvgIpc) is 2.11. The summed E-state index contributed by atoms with van der Waals surface area (Å²) in [5, 5.41) is 6.55. The van der Waals surface area contributed by atoms with E-state index in [4.69, 9.17) is 11.1 Å². The summed E-state index contributed by atoms with van der Waals surface area (Å²) >= 11 is 0. The lowest BCUT2D eigenvalue weighted by molar-refractivity contribution is 0.631. The van der Waals surface area contributed by atoms with Gasteiger partial charge in [0.25, 0.3) is 0 Å². The lowest BCUT2D eigenvalue weighted by Gasteiger charge is -1.85. The van der Waals surface area contributed by atoms with Crippen molar-refractivity contribution in [3.63, 3.8) is 0 Å². The maximum absolute atomic E-state index is 12.6. The topological polar surface area (TPSA) is 49.9 Å². The zero-order chi connectivity index (χ0) is 10.1. The van der Waals surface area contributed by atoms with Crippen LogP contribution in [0.4, 0.5) is 8.78 Å². The Morgan fingerprint density at radius 2 is 1.85 bits per heavy atom. The molecule has 0 radical (unpaired) electrons. The predicted molar refractivity (Wildman–Crippen MR) is 49.6 cm³/mol. The van der Waals surface area contributed by atoms with Gasteiger partial charge in [0.2, 0.25) is 0 Å². The van der Waals surface area contributed by atoms with E-state index in [0.29, 0.717) is 6.08 Å². The second-order valence-electron chi connectivity index (χ2n) is 1.99. The Morgan fingerprint density at radius 3 is 2.38 bits per heavy atom. The maximum Gasteiger partial charge on any atom is 0.126 e. The van der Waals surface area contributed by atoms with Crippen molar-refractivity contribution in [2.24, 2.45) is 5.73 Å². The summed E-state index contributed by atoms with van der Waals surface area (Å²) < 4.78 is 25.2. The van der Waals surface area contributed by atoms with E-state index in [0.717, 1.165) is 30.6 Å². The molecular weight excluding hydrogens is 174 g/mol. The van der Waals surface area contributed by atoms with Crippen LogP contribution in [-0.2, 0) is 0 Å². The molecule has 0 heterocycles. The van der Waals surface area contributed by atoms with Crippen molar-refractivity contribution in [2.75, 3.05) is 0 Å². The van der Waals surface area contributed by atoms with Crippen molar-refractivity contribution in [3.05, 3.63) is 48.2 Å². The van der Waals surface area contributed by atoms with Gasteiger partial charge >= 0.3 is 0 Å². The number of allylic oxidation sites excluding steroid dienone is 7. The van der Waals surface area contributed by atoms with Gasteiger partial charge < -0.3 is 11.1 Å². The van der Waals surface area contributed by atoms with E-state index in [-0.39, 0.29) is 0 Å². The highest BCUT2D eigenvalue weighted by Crippen LogP contribution is 2.06. The quantitative estimate of drug-likeness (QED) is 0.511. The summed E-state index contributed by atoms with van der Waals surface area (Å²) in [4.78, 5) is 0. The predicted octanol–water partition coefficient (Wildman–Crippen LogP) is 2.37. The Kier molecular flexibility index (Phi) is 6.05. The molecule has 0 rings (SSSR count). The molecule has 0 unspecified atom stereocenters. The van der Waals surface area contributed by atoms with E-state index in [1.165, 1.54) is 6.08 Å². The molecule has 0 spiro atoms. The van der Waals surface area contributed by atoms with E-state index < -0.39 is 11.7 Å². The summed E-state index contributed by atoms with van der Waals surface area (Å²) in [5.74, 6) is -1.50. The van der Waals surface area contributed by atoms with Gasteiger partial charge in [0.15, 0.2) is 0 Å². The molecule has 0 fully saturated rings. The van der Waals surface area contributed by atoms with E-state index in [1.54, 1.807) is 0 Å². The molecule has 0 aliphatic heterocycles. The number of hydrogen-bond donors (Lipinski definition) is 2. The molecular formula is C9H10F2N2. The molecule has 13 heavy (non-hydrogen) atoms. The van der Waals surface area contributed by atoms with Gasteiger partial charge in [0, 0.05) is 12.3 Å². The van der Waals surface area contributed by atoms with Gasteiger partial charge in [0.1, 0.15) is 11.7 Å². The summed E-state index contributed by atoms with van der Waals surface area (Å²) in [6, 6.07) is 0. The van der Waals surface area contributed by atoms with Crippen LogP contribution in [0.5, 0.6) is 0 Å². The monoisotopic (exact) mass is 184 g/mol. The third-order valence-electron chi connectivity index (χ3n) is 0.994. The summed E-state index contributed by atoms with van der Waals surface area (Å²) in [6.45, 7) is 0. The van der Waals surface area contributed by atoms with Crippen LogP contribution in [0, 0.1) is 5.41 Å². The minimum atomic E-state index is -0.761. The van der Waals surface area contributed by atoms with Crippen molar-refractivity contribution in [1.29, 1.82) is 5.41 Å². The van der Waals surface area contributed by atoms with Crippen LogP contribution in [0.25, 0.3) is 0 Å². The van der Waals surface area contributed by atoms with Crippen molar-refractivity contribution < 1.29 is 8.78 Å². The standard InChI is InChI=1S/C9H10F2N2/c10-8(3-1-5-12)7-9(11)4-2-6-13/h1-7,12H,13H2/b3-1+,6-2+,8-7-,9-4-,12-5?. The number of halogens is 2. The maximum atomic E-state index is 12.6. The van der Waals surface area contributed by atoms with Gasteiger partial charge in [0.05, 0.1) is 0 Å². The summed E-state index contributed by atoms with van der Waals surface area (Å²) in [5.41, 5.74) is 4.94. The first-order valence-corrected chi connectivity index (χ1v) is 3.49. The van der Waals surface area contributed by atoms with Gasteiger partial charge in [-0.25, -0.2) is 8.78 Å². The fraction of sp³-hybridized carbons (Fsp3) is 0. The number of nitrogens with two attached hydrogens (primary N) is 1. The molecule has 0 saturated heterocycles. The molecule has 0 aromatic carbocycles. The molecule has 0 aliphatic rings. The van der Waals surface area contributed by atoms with E-state index >= 15 is 0 Å². The van der Waals surface area contributed by atoms with E-state index in [1.807, 2.05) is 0 Å². The highest BCUT2D eigenvalue weighted by atomic mass is 19.1. The van der Waals surface area contributed by atoms with Crippen molar-refractivity contribution in [1.82, 2.24) is 0 Å². The molecule has 0 aromatic rings. The molecule has 4 heteroatoms. The Morgan fingerprint density at radius 1 is 1.15 bits per heavy atom. The Hall–Kier alpha value is -1.71. The third kappa shape index (κ3) is 6.68. The first-order valence-electron chi connectivity index (χ1n) is 3.49. The van der Waals surface area contributed by atoms with E-state index in [9.17, 15) is 8.78 Å². The highest BCUT2D eigenvalue weighted by molar-refractivity contribution is 5.68. The smallest absolute Gasteiger partial charge is 0.126 e. The Bertz CT molecular complexity index is 275. The average molecular weight is 184 g/mol. The van der Waals surface area contributed by atoms with Crippen molar-refractivity contribution in [2.45, 2.75) is 0 Å². The normalized spacial score (nSPS) is 14.3. The number of nitrogens with one attached hydrogen (secondary N) is 1. The number of rotatable bonds is 4. The fourth-order valence-corrected chi connectivity index (χ4v) is 0.515. The van der Waals surface area contributed by atoms with Crippen LogP contribution in [0.2, 0.25) is 0 Å². The lowest BCUT2D eigenvalue weighted by Crippen LogP contribution is -1.74. The van der Waals surface area contributed by atoms with Gasteiger partial charge in [-0.05, 0) is 30.5 Å². The minimum absolute atomic E-state index is 0.694. The third-order valence-corrected chi connectivity index (χ3v) is 0.994. The summed E-state index contributed by atoms with van der Waals surface area (Å²) in [7, 11) is 0. The zero-order valence-corrected chi connectivity index (χ0v) is 6.87. The molecule has 0 aliphatic carbocycles. The van der Waals surface area contributed by atoms with Gasteiger partial charge in [-0.2, -0.15) is 0 Å². The lowest BCUT2D eigenvalue weighted by atomic mass is 10.3. The van der Waals surface area contributed by atoms with Crippen LogP contribution in [-0.4, -0.2) is 6.21 Å². The molecule has 0 atom stereocenters. The highest BCUT2D eigenvalue weighted by Gasteiger charge is 1.90. The van der Waals surface area contributed by atoms with E-state index in [2.05, 4.69) is 0 Å². The Labute approximate surface area is 75.3 Å². The summed E-state index contributed by atoms with van der Waals surface area (Å²) in [6.07, 6.45) is 7.13. The van der Waals surface area contributed by atoms with Crippen LogP contribution >= 0.6 is 0 Å². The zero-order valence-electron chi connectivity index (χ0n) is 6.87. The minimum Gasteiger partial charge on any atom is -0.405 e. The number of hydrogen-bond acceptors (Lipinski definition) is 2. The Balaban J connectivity index is 4.37. The van der Waals surface area contributed by atoms with Gasteiger partial charge in [-0.1, -0.05) is 0 Å². The van der Waals surface area contributed by atoms with Crippen LogP contribution in [0.1, 0.15) is 0 Å². The molecule has 0 amide bonds. The second-order valence-corrected chi connectivity index (χ2v) is 1.99. The van der Waals surface area contributed by atoms with Crippen molar-refractivity contribution in [3.8, 4) is 0 Å². The van der Waals surface area contributed by atoms with Gasteiger partial charge in [-0.3, -0.25) is 0 Å². The largest absolute Gasteiger partial charge is 0.405 e. The molecule has 0 saturated carbocycles. The molecule has 0 aromatic heterocycles. The van der Waals surface area contributed by atoms with Crippen molar-refractivity contribution >= 4 is 6.21 Å². The fourth-order valence-electron chi connectivity index (χ4n) is 0.515. The first kappa shape index (κ1) is 11.3. The molecule has 70 valence electrons. The molecule has 3 N–H and O–H groups in total. The SMILES string of the molecule is N=C/C=C/C(F)=C/C(F)=C/C=C/N. The molecule has 0 bridgehead atoms. The van der Waals surface area contributed by atoms with Crippen LogP contribution < -0.4 is 5.73 Å². The molecule has 2 nitrogen and oxygen atoms in total. The van der Waals surface area contributed by atoms with Crippen LogP contribution in [0.3, 0.4) is 0 Å². The van der Waals surface area contributed by atoms with Crippen LogP contribution in [0.15, 0.2) is 48.2 Å². The second kappa shape index (κ2) is 6.97. The first-order chi connectivity index (χ1) is 6.20. The van der Waals surface area contributed by atoms with Gasteiger partial charge in [-0.15, -0.1) is 0 Å².